The van der Waals surface area contributed by atoms with Crippen LogP contribution >= 0.6 is 0 Å². The first kappa shape index (κ1) is 42.3. The maximum absolute atomic E-state index is 12.6. The molecular formula is C38H66N2O5. The maximum Gasteiger partial charge on any atom is 0.326 e. The smallest absolute Gasteiger partial charge is 0.326 e. The van der Waals surface area contributed by atoms with Crippen LogP contribution in [0.25, 0.3) is 0 Å². The molecule has 0 spiro atoms. The summed E-state index contributed by atoms with van der Waals surface area (Å²) in [6, 6.07) is -0.871. The molecule has 0 aromatic rings. The summed E-state index contributed by atoms with van der Waals surface area (Å²) in [7, 11) is 0. The Morgan fingerprint density at radius 1 is 0.689 bits per heavy atom. The quantitative estimate of drug-likeness (QED) is 0.0399. The SMILES string of the molecule is CC/C=C\C/C=C\C/C=C\CCCCCCCC(=O)OC(/C=C\CCCCC)CCCCCCC(=O)NC(CCCN)C(=O)O. The highest BCUT2D eigenvalue weighted by Gasteiger charge is 2.18. The second kappa shape index (κ2) is 32.7. The molecule has 0 rings (SSSR count). The van der Waals surface area contributed by atoms with Crippen LogP contribution in [0, 0.1) is 0 Å². The Bertz CT molecular complexity index is 849. The predicted molar refractivity (Wildman–Crippen MR) is 188 cm³/mol. The number of carbonyl (C=O) groups is 3. The number of aliphatic carboxylic acids is 1. The second-order valence-electron chi connectivity index (χ2n) is 11.9. The predicted octanol–water partition coefficient (Wildman–Crippen LogP) is 9.27. The molecule has 258 valence electrons. The summed E-state index contributed by atoms with van der Waals surface area (Å²) >= 11 is 0. The van der Waals surface area contributed by atoms with E-state index in [1.165, 1.54) is 25.7 Å². The minimum Gasteiger partial charge on any atom is -0.480 e. The molecule has 0 fully saturated rings. The Hall–Kier alpha value is -2.67. The lowest BCUT2D eigenvalue weighted by Gasteiger charge is -2.15. The molecule has 0 saturated carbocycles. The van der Waals surface area contributed by atoms with Crippen LogP contribution in [0.2, 0.25) is 0 Å². The molecule has 0 aromatic heterocycles. The second-order valence-corrected chi connectivity index (χ2v) is 11.9. The summed E-state index contributed by atoms with van der Waals surface area (Å²) in [5.74, 6) is -1.36. The molecule has 7 heteroatoms. The van der Waals surface area contributed by atoms with Crippen LogP contribution in [0.5, 0.6) is 0 Å². The highest BCUT2D eigenvalue weighted by atomic mass is 16.5. The zero-order valence-corrected chi connectivity index (χ0v) is 28.7. The van der Waals surface area contributed by atoms with Crippen molar-refractivity contribution in [3.8, 4) is 0 Å². The monoisotopic (exact) mass is 630 g/mol. The third kappa shape index (κ3) is 29.8. The van der Waals surface area contributed by atoms with Gasteiger partial charge in [-0.1, -0.05) is 101 Å². The molecule has 1 amide bonds. The van der Waals surface area contributed by atoms with Gasteiger partial charge in [-0.25, -0.2) is 4.79 Å². The molecule has 45 heavy (non-hydrogen) atoms. The molecule has 4 N–H and O–H groups in total. The topological polar surface area (TPSA) is 119 Å². The van der Waals surface area contributed by atoms with Crippen molar-refractivity contribution < 1.29 is 24.2 Å². The lowest BCUT2D eigenvalue weighted by Crippen LogP contribution is -2.40. The van der Waals surface area contributed by atoms with Gasteiger partial charge in [-0.2, -0.15) is 0 Å². The molecule has 0 saturated heterocycles. The van der Waals surface area contributed by atoms with Gasteiger partial charge in [-0.05, 0) is 96.1 Å². The van der Waals surface area contributed by atoms with Crippen LogP contribution < -0.4 is 11.1 Å². The van der Waals surface area contributed by atoms with E-state index in [2.05, 4.69) is 67.8 Å². The lowest BCUT2D eigenvalue weighted by atomic mass is 10.1. The maximum atomic E-state index is 12.6. The number of carboxylic acids is 1. The third-order valence-corrected chi connectivity index (χ3v) is 7.61. The number of carbonyl (C=O) groups excluding carboxylic acids is 2. The van der Waals surface area contributed by atoms with Crippen LogP contribution in [-0.2, 0) is 19.1 Å². The summed E-state index contributed by atoms with van der Waals surface area (Å²) in [6.45, 7) is 4.74. The van der Waals surface area contributed by atoms with Crippen molar-refractivity contribution in [3.63, 3.8) is 0 Å². The number of hydrogen-bond donors (Lipinski definition) is 3. The van der Waals surface area contributed by atoms with E-state index in [4.69, 9.17) is 10.5 Å². The highest BCUT2D eigenvalue weighted by Crippen LogP contribution is 2.15. The minimum absolute atomic E-state index is 0.112. The average Bonchev–Trinajstić information content (AvgIpc) is 3.02. The first-order chi connectivity index (χ1) is 21.9. The summed E-state index contributed by atoms with van der Waals surface area (Å²) in [5.41, 5.74) is 5.46. The number of nitrogens with two attached hydrogens (primary N) is 1. The van der Waals surface area contributed by atoms with Gasteiger partial charge in [0.25, 0.3) is 0 Å². The summed E-state index contributed by atoms with van der Waals surface area (Å²) in [5, 5.41) is 11.9. The van der Waals surface area contributed by atoms with Gasteiger partial charge in [-0.15, -0.1) is 0 Å². The third-order valence-electron chi connectivity index (χ3n) is 7.61. The fourth-order valence-electron chi connectivity index (χ4n) is 4.90. The van der Waals surface area contributed by atoms with Crippen molar-refractivity contribution in [3.05, 3.63) is 48.6 Å². The van der Waals surface area contributed by atoms with Gasteiger partial charge >= 0.3 is 11.9 Å². The van der Waals surface area contributed by atoms with Gasteiger partial charge in [0.15, 0.2) is 0 Å². The van der Waals surface area contributed by atoms with E-state index in [0.717, 1.165) is 83.5 Å². The fourth-order valence-corrected chi connectivity index (χ4v) is 4.90. The van der Waals surface area contributed by atoms with Crippen LogP contribution in [0.15, 0.2) is 48.6 Å². The fraction of sp³-hybridized carbons (Fsp3) is 0.711. The zero-order valence-electron chi connectivity index (χ0n) is 28.7. The molecule has 0 aliphatic heterocycles. The van der Waals surface area contributed by atoms with E-state index in [9.17, 15) is 19.5 Å². The molecule has 0 aliphatic rings. The Morgan fingerprint density at radius 3 is 1.98 bits per heavy atom. The number of unbranched alkanes of at least 4 members (excludes halogenated alkanes) is 11. The Morgan fingerprint density at radius 2 is 1.29 bits per heavy atom. The molecule has 0 radical (unpaired) electrons. The van der Waals surface area contributed by atoms with E-state index in [1.54, 1.807) is 0 Å². The van der Waals surface area contributed by atoms with Crippen molar-refractivity contribution >= 4 is 17.8 Å². The number of rotatable bonds is 31. The number of allylic oxidation sites excluding steroid dienone is 7. The Labute approximate surface area is 275 Å². The van der Waals surface area contributed by atoms with Gasteiger partial charge in [0, 0.05) is 12.8 Å². The van der Waals surface area contributed by atoms with Crippen LogP contribution in [0.4, 0.5) is 0 Å². The summed E-state index contributed by atoms with van der Waals surface area (Å²) < 4.78 is 5.85. The van der Waals surface area contributed by atoms with Crippen molar-refractivity contribution in [2.75, 3.05) is 6.54 Å². The minimum atomic E-state index is -1.02. The molecule has 0 aromatic carbocycles. The van der Waals surface area contributed by atoms with E-state index >= 15 is 0 Å². The number of hydrogen-bond acceptors (Lipinski definition) is 5. The van der Waals surface area contributed by atoms with Crippen molar-refractivity contribution in [2.24, 2.45) is 5.73 Å². The van der Waals surface area contributed by atoms with Gasteiger partial charge in [0.05, 0.1) is 0 Å². The Balaban J connectivity index is 4.21. The molecule has 2 unspecified atom stereocenters. The molecule has 0 aliphatic carbocycles. The summed E-state index contributed by atoms with van der Waals surface area (Å²) in [6.07, 6.45) is 37.5. The number of carboxylic acid groups (broad SMARTS) is 1. The van der Waals surface area contributed by atoms with Crippen LogP contribution in [0.3, 0.4) is 0 Å². The molecular weight excluding hydrogens is 564 g/mol. The van der Waals surface area contributed by atoms with Gasteiger partial charge < -0.3 is 20.9 Å². The molecule has 0 bridgehead atoms. The standard InChI is InChI=1S/C38H66N2O5/c1-3-5-7-9-10-11-12-13-14-15-16-17-18-20-26-32-37(42)45-34(28-23-19-8-6-4-2)29-24-21-22-25-31-36(41)40-35(38(43)44)30-27-33-39/h5,7,10-11,13-14,23,28,34-35H,3-4,6,8-9,12,15-22,24-27,29-33,39H2,1-2H3,(H,40,41)(H,43,44)/b7-5-,11-10-,14-13-,28-23-. The molecule has 0 heterocycles. The molecule has 2 atom stereocenters. The number of ether oxygens (including phenoxy) is 1. The van der Waals surface area contributed by atoms with E-state index in [-0.39, 0.29) is 18.0 Å². The number of nitrogens with one attached hydrogen (secondary N) is 1. The number of amides is 1. The zero-order chi connectivity index (χ0) is 33.2. The van der Waals surface area contributed by atoms with E-state index in [1.807, 2.05) is 0 Å². The van der Waals surface area contributed by atoms with E-state index < -0.39 is 12.0 Å². The van der Waals surface area contributed by atoms with Crippen LogP contribution in [0.1, 0.15) is 155 Å². The average molecular weight is 631 g/mol. The largest absolute Gasteiger partial charge is 0.480 e. The van der Waals surface area contributed by atoms with Crippen LogP contribution in [-0.4, -0.2) is 41.6 Å². The first-order valence-electron chi connectivity index (χ1n) is 18.0. The normalized spacial score (nSPS) is 13.3. The van der Waals surface area contributed by atoms with E-state index in [0.29, 0.717) is 38.6 Å². The van der Waals surface area contributed by atoms with Crippen molar-refractivity contribution in [1.29, 1.82) is 0 Å². The Kier molecular flexibility index (Phi) is 30.8. The highest BCUT2D eigenvalue weighted by molar-refractivity contribution is 5.83. The lowest BCUT2D eigenvalue weighted by molar-refractivity contribution is -0.147. The van der Waals surface area contributed by atoms with Gasteiger partial charge in [0.2, 0.25) is 5.91 Å². The van der Waals surface area contributed by atoms with Gasteiger partial charge in [0.1, 0.15) is 12.1 Å². The number of esters is 1. The van der Waals surface area contributed by atoms with Crippen molar-refractivity contribution in [2.45, 2.75) is 167 Å². The summed E-state index contributed by atoms with van der Waals surface area (Å²) in [4.78, 5) is 36.0. The first-order valence-corrected chi connectivity index (χ1v) is 18.0. The van der Waals surface area contributed by atoms with Gasteiger partial charge in [-0.3, -0.25) is 9.59 Å². The van der Waals surface area contributed by atoms with Crippen molar-refractivity contribution in [1.82, 2.24) is 5.32 Å². The molecule has 7 nitrogen and oxygen atoms in total.